The molecule has 0 saturated carbocycles. The van der Waals surface area contributed by atoms with Crippen LogP contribution < -0.4 is 0 Å². The molecule has 0 bridgehead atoms. The van der Waals surface area contributed by atoms with Crippen molar-refractivity contribution in [3.8, 4) is 0 Å². The SMILES string of the molecule is CC/C(C)=C\CCI. The van der Waals surface area contributed by atoms with Crippen molar-refractivity contribution >= 4 is 22.6 Å². The maximum absolute atomic E-state index is 2.39. The Morgan fingerprint density at radius 1 is 1.62 bits per heavy atom. The van der Waals surface area contributed by atoms with Crippen LogP contribution in [0, 0.1) is 0 Å². The van der Waals surface area contributed by atoms with Gasteiger partial charge in [0, 0.05) is 4.43 Å². The lowest BCUT2D eigenvalue weighted by atomic mass is 10.2. The third-order valence-corrected chi connectivity index (χ3v) is 1.78. The van der Waals surface area contributed by atoms with E-state index in [4.69, 9.17) is 0 Å². The first-order valence-corrected chi connectivity index (χ1v) is 4.55. The third kappa shape index (κ3) is 4.62. The fourth-order valence-corrected chi connectivity index (χ4v) is 0.757. The van der Waals surface area contributed by atoms with Gasteiger partial charge in [0.2, 0.25) is 0 Å². The number of halogens is 1. The van der Waals surface area contributed by atoms with Crippen molar-refractivity contribution in [2.75, 3.05) is 4.43 Å². The molecule has 0 spiro atoms. The van der Waals surface area contributed by atoms with Gasteiger partial charge in [-0.05, 0) is 19.8 Å². The van der Waals surface area contributed by atoms with Gasteiger partial charge in [0.1, 0.15) is 0 Å². The topological polar surface area (TPSA) is 0 Å². The van der Waals surface area contributed by atoms with Gasteiger partial charge in [0.05, 0.1) is 0 Å². The van der Waals surface area contributed by atoms with E-state index in [1.807, 2.05) is 0 Å². The van der Waals surface area contributed by atoms with E-state index in [1.54, 1.807) is 0 Å². The zero-order valence-corrected chi connectivity index (χ0v) is 7.73. The highest BCUT2D eigenvalue weighted by Gasteiger charge is 1.80. The molecule has 0 aromatic carbocycles. The lowest BCUT2D eigenvalue weighted by molar-refractivity contribution is 1.07. The maximum atomic E-state index is 2.39. The van der Waals surface area contributed by atoms with Gasteiger partial charge in [0.25, 0.3) is 0 Å². The summed E-state index contributed by atoms with van der Waals surface area (Å²) >= 11 is 2.39. The second-order valence-corrected chi connectivity index (χ2v) is 2.96. The average Bonchev–Trinajstić information content (AvgIpc) is 1.83. The minimum absolute atomic E-state index is 1.20. The summed E-state index contributed by atoms with van der Waals surface area (Å²) in [6, 6.07) is 0. The van der Waals surface area contributed by atoms with Crippen molar-refractivity contribution in [3.05, 3.63) is 11.6 Å². The standard InChI is InChI=1S/C7H13I/c1-3-7(2)5-4-6-8/h5H,3-4,6H2,1-2H3/b7-5-. The van der Waals surface area contributed by atoms with E-state index in [1.165, 1.54) is 22.8 Å². The summed E-state index contributed by atoms with van der Waals surface area (Å²) < 4.78 is 1.25. The Morgan fingerprint density at radius 3 is 2.62 bits per heavy atom. The van der Waals surface area contributed by atoms with E-state index >= 15 is 0 Å². The highest BCUT2D eigenvalue weighted by molar-refractivity contribution is 14.1. The van der Waals surface area contributed by atoms with Crippen molar-refractivity contribution in [2.24, 2.45) is 0 Å². The molecule has 1 heteroatoms. The molecule has 0 nitrogen and oxygen atoms in total. The first-order valence-electron chi connectivity index (χ1n) is 3.02. The minimum atomic E-state index is 1.20. The molecule has 0 aliphatic rings. The minimum Gasteiger partial charge on any atom is -0.0860 e. The fraction of sp³-hybridized carbons (Fsp3) is 0.714. The van der Waals surface area contributed by atoms with Crippen LogP contribution in [0.2, 0.25) is 0 Å². The molecule has 0 unspecified atom stereocenters. The van der Waals surface area contributed by atoms with Crippen LogP contribution in [0.15, 0.2) is 11.6 Å². The van der Waals surface area contributed by atoms with Crippen LogP contribution in [0.25, 0.3) is 0 Å². The van der Waals surface area contributed by atoms with Crippen LogP contribution in [-0.4, -0.2) is 4.43 Å². The van der Waals surface area contributed by atoms with E-state index in [2.05, 4.69) is 42.5 Å². The molecule has 8 heavy (non-hydrogen) atoms. The molecule has 0 aliphatic heterocycles. The van der Waals surface area contributed by atoms with Crippen molar-refractivity contribution in [2.45, 2.75) is 26.7 Å². The lowest BCUT2D eigenvalue weighted by Gasteiger charge is -1.90. The second kappa shape index (κ2) is 5.60. The molecule has 0 rings (SSSR count). The third-order valence-electron chi connectivity index (χ3n) is 1.16. The molecule has 0 aromatic rings. The van der Waals surface area contributed by atoms with Crippen molar-refractivity contribution in [3.63, 3.8) is 0 Å². The number of hydrogen-bond donors (Lipinski definition) is 0. The van der Waals surface area contributed by atoms with Crippen LogP contribution in [0.3, 0.4) is 0 Å². The first-order chi connectivity index (χ1) is 3.81. The number of hydrogen-bond acceptors (Lipinski definition) is 0. The van der Waals surface area contributed by atoms with E-state index in [-0.39, 0.29) is 0 Å². The van der Waals surface area contributed by atoms with Crippen molar-refractivity contribution in [1.29, 1.82) is 0 Å². The zero-order chi connectivity index (χ0) is 6.41. The molecule has 0 radical (unpaired) electrons. The molecule has 0 saturated heterocycles. The average molecular weight is 224 g/mol. The summed E-state index contributed by atoms with van der Waals surface area (Å²) in [5.41, 5.74) is 1.52. The van der Waals surface area contributed by atoms with Crippen LogP contribution in [0.5, 0.6) is 0 Å². The van der Waals surface area contributed by atoms with E-state index in [0.29, 0.717) is 0 Å². The zero-order valence-electron chi connectivity index (χ0n) is 5.58. The van der Waals surface area contributed by atoms with Gasteiger partial charge in [-0.2, -0.15) is 0 Å². The van der Waals surface area contributed by atoms with Gasteiger partial charge < -0.3 is 0 Å². The monoisotopic (exact) mass is 224 g/mol. The summed E-state index contributed by atoms with van der Waals surface area (Å²) in [5, 5.41) is 0. The molecule has 0 aromatic heterocycles. The Balaban J connectivity index is 3.26. The number of alkyl halides is 1. The normalized spacial score (nSPS) is 12.1. The Labute approximate surface area is 65.5 Å². The molecular formula is C7H13I. The van der Waals surface area contributed by atoms with Gasteiger partial charge in [0.15, 0.2) is 0 Å². The molecule has 0 N–H and O–H groups in total. The van der Waals surface area contributed by atoms with Gasteiger partial charge >= 0.3 is 0 Å². The molecule has 0 heterocycles. The molecule has 0 amide bonds. The number of rotatable bonds is 3. The van der Waals surface area contributed by atoms with Crippen LogP contribution in [-0.2, 0) is 0 Å². The van der Waals surface area contributed by atoms with E-state index < -0.39 is 0 Å². The van der Waals surface area contributed by atoms with Crippen molar-refractivity contribution in [1.82, 2.24) is 0 Å². The molecular weight excluding hydrogens is 211 g/mol. The predicted molar refractivity (Wildman–Crippen MR) is 47.6 cm³/mol. The van der Waals surface area contributed by atoms with Crippen LogP contribution >= 0.6 is 22.6 Å². The van der Waals surface area contributed by atoms with Gasteiger partial charge in [-0.15, -0.1) is 0 Å². The molecule has 0 atom stereocenters. The van der Waals surface area contributed by atoms with Gasteiger partial charge in [-0.1, -0.05) is 41.2 Å². The summed E-state index contributed by atoms with van der Waals surface area (Å²) in [6.45, 7) is 4.38. The van der Waals surface area contributed by atoms with Crippen LogP contribution in [0.4, 0.5) is 0 Å². The predicted octanol–water partition coefficient (Wildman–Crippen LogP) is 3.17. The Kier molecular flexibility index (Phi) is 5.93. The Bertz CT molecular complexity index is 74.5. The molecule has 48 valence electrons. The van der Waals surface area contributed by atoms with Gasteiger partial charge in [-0.25, -0.2) is 0 Å². The lowest BCUT2D eigenvalue weighted by Crippen LogP contribution is -1.72. The summed E-state index contributed by atoms with van der Waals surface area (Å²) in [5.74, 6) is 0. The second-order valence-electron chi connectivity index (χ2n) is 1.88. The fourth-order valence-electron chi connectivity index (χ4n) is 0.445. The first kappa shape index (κ1) is 8.47. The maximum Gasteiger partial charge on any atom is 0.00300 e. The number of allylic oxidation sites excluding steroid dienone is 2. The highest BCUT2D eigenvalue weighted by atomic mass is 127. The molecule has 0 aliphatic carbocycles. The largest absolute Gasteiger partial charge is 0.0860 e. The Hall–Kier alpha value is 0.470. The summed E-state index contributed by atoms with van der Waals surface area (Å²) in [7, 11) is 0. The van der Waals surface area contributed by atoms with Gasteiger partial charge in [-0.3, -0.25) is 0 Å². The van der Waals surface area contributed by atoms with E-state index in [0.717, 1.165) is 0 Å². The summed E-state index contributed by atoms with van der Waals surface area (Å²) in [4.78, 5) is 0. The molecule has 0 fully saturated rings. The Morgan fingerprint density at radius 2 is 2.25 bits per heavy atom. The highest BCUT2D eigenvalue weighted by Crippen LogP contribution is 2.00. The summed E-state index contributed by atoms with van der Waals surface area (Å²) in [6.07, 6.45) is 4.75. The smallest absolute Gasteiger partial charge is 0.00300 e. The van der Waals surface area contributed by atoms with E-state index in [9.17, 15) is 0 Å². The van der Waals surface area contributed by atoms with Crippen molar-refractivity contribution < 1.29 is 0 Å². The van der Waals surface area contributed by atoms with Crippen LogP contribution in [0.1, 0.15) is 26.7 Å². The quantitative estimate of drug-likeness (QED) is 0.392.